The predicted octanol–water partition coefficient (Wildman–Crippen LogP) is 2.40. The number of aliphatic hydroxyl groups excluding tert-OH is 3. The van der Waals surface area contributed by atoms with E-state index in [9.17, 15) is 30.0 Å². The summed E-state index contributed by atoms with van der Waals surface area (Å²) in [6.07, 6.45) is -8.76. The molecule has 0 saturated carbocycles. The van der Waals surface area contributed by atoms with Gasteiger partial charge < -0.3 is 34.3 Å². The third kappa shape index (κ3) is 4.25. The lowest BCUT2D eigenvalue weighted by Gasteiger charge is -2.38. The fraction of sp³-hybridized carbons (Fsp3) is 0.185. The summed E-state index contributed by atoms with van der Waals surface area (Å²) >= 11 is 0. The van der Waals surface area contributed by atoms with Gasteiger partial charge in [0, 0.05) is 17.0 Å². The second kappa shape index (κ2) is 9.56. The number of rotatable bonds is 5. The van der Waals surface area contributed by atoms with Crippen molar-refractivity contribution in [2.24, 2.45) is 0 Å². The molecule has 2 heterocycles. The van der Waals surface area contributed by atoms with Crippen LogP contribution >= 0.6 is 0 Å². The smallest absolute Gasteiger partial charge is 0.344 e. The highest BCUT2D eigenvalue weighted by Gasteiger charge is 2.48. The van der Waals surface area contributed by atoms with Crippen molar-refractivity contribution < 1.29 is 39.1 Å². The van der Waals surface area contributed by atoms with E-state index in [-0.39, 0.29) is 11.3 Å². The van der Waals surface area contributed by atoms with Gasteiger partial charge in [0.05, 0.1) is 5.56 Å². The van der Waals surface area contributed by atoms with E-state index in [1.54, 1.807) is 12.1 Å². The van der Waals surface area contributed by atoms with Crippen LogP contribution in [0.2, 0.25) is 0 Å². The first-order valence-electron chi connectivity index (χ1n) is 11.2. The van der Waals surface area contributed by atoms with E-state index in [4.69, 9.17) is 13.9 Å². The molecule has 0 radical (unpaired) electrons. The molecule has 0 amide bonds. The Morgan fingerprint density at radius 2 is 1.39 bits per heavy atom. The van der Waals surface area contributed by atoms with E-state index in [0.717, 1.165) is 5.56 Å². The van der Waals surface area contributed by atoms with Crippen molar-refractivity contribution in [1.29, 1.82) is 0 Å². The molecule has 5 rings (SSSR count). The largest absolute Gasteiger partial charge is 0.479 e. The third-order valence-corrected chi connectivity index (χ3v) is 6.07. The van der Waals surface area contributed by atoms with E-state index in [1.165, 1.54) is 6.07 Å². The Hall–Kier alpha value is -4.02. The van der Waals surface area contributed by atoms with E-state index in [0.29, 0.717) is 22.1 Å². The fourth-order valence-corrected chi connectivity index (χ4v) is 4.31. The number of aliphatic carboxylic acids is 1. The van der Waals surface area contributed by atoms with Gasteiger partial charge >= 0.3 is 11.6 Å². The number of benzene rings is 3. The van der Waals surface area contributed by atoms with Crippen molar-refractivity contribution in [2.45, 2.75) is 30.7 Å². The van der Waals surface area contributed by atoms with Crippen LogP contribution in [-0.4, -0.2) is 57.1 Å². The van der Waals surface area contributed by atoms with Gasteiger partial charge in [-0.1, -0.05) is 60.7 Å². The van der Waals surface area contributed by atoms with Gasteiger partial charge in [-0.2, -0.15) is 0 Å². The van der Waals surface area contributed by atoms with E-state index in [2.05, 4.69) is 0 Å². The van der Waals surface area contributed by atoms with E-state index in [1.807, 2.05) is 60.7 Å². The zero-order valence-corrected chi connectivity index (χ0v) is 18.7. The van der Waals surface area contributed by atoms with Crippen LogP contribution in [0.5, 0.6) is 5.75 Å². The Bertz CT molecular complexity index is 1450. The topological polar surface area (TPSA) is 147 Å². The lowest BCUT2D eigenvalue weighted by molar-refractivity contribution is -0.271. The minimum Gasteiger partial charge on any atom is -0.479 e. The van der Waals surface area contributed by atoms with E-state index >= 15 is 0 Å². The second-order valence-electron chi connectivity index (χ2n) is 8.38. The minimum absolute atomic E-state index is 0.0916. The standard InChI is InChI=1S/C27H22O9/c28-21-22(29)24(25(31)32)36-27(23(21)30)34-16-11-12-17-18(13-16)35-26(33)20(15-9-5-2-6-10-15)19(17)14-7-3-1-4-8-14/h1-13,21-24,27-30H,(H,31,32)/t21-,22-,23+,24-,27+/m0/s1. The second-order valence-corrected chi connectivity index (χ2v) is 8.38. The van der Waals surface area contributed by atoms with Gasteiger partial charge in [-0.15, -0.1) is 0 Å². The first kappa shape index (κ1) is 23.7. The van der Waals surface area contributed by atoms with Gasteiger partial charge in [-0.3, -0.25) is 0 Å². The summed E-state index contributed by atoms with van der Waals surface area (Å²) in [4.78, 5) is 24.5. The quantitative estimate of drug-likeness (QED) is 0.310. The van der Waals surface area contributed by atoms with Crippen LogP contribution in [0.4, 0.5) is 0 Å². The number of fused-ring (bicyclic) bond motifs is 1. The summed E-state index contributed by atoms with van der Waals surface area (Å²) in [7, 11) is 0. The Labute approximate surface area is 204 Å². The maximum Gasteiger partial charge on any atom is 0.344 e. The molecule has 9 nitrogen and oxygen atoms in total. The molecular formula is C27H22O9. The molecule has 0 bridgehead atoms. The van der Waals surface area contributed by atoms with Gasteiger partial charge in [0.2, 0.25) is 6.29 Å². The summed E-state index contributed by atoms with van der Waals surface area (Å²) in [5.41, 5.74) is 2.18. The lowest BCUT2D eigenvalue weighted by atomic mass is 9.93. The lowest BCUT2D eigenvalue weighted by Crippen LogP contribution is -2.61. The number of carboxylic acids is 1. The highest BCUT2D eigenvalue weighted by Crippen LogP contribution is 2.37. The van der Waals surface area contributed by atoms with Crippen molar-refractivity contribution in [1.82, 2.24) is 0 Å². The molecule has 4 aromatic rings. The third-order valence-electron chi connectivity index (χ3n) is 6.07. The molecule has 0 unspecified atom stereocenters. The van der Waals surface area contributed by atoms with Gasteiger partial charge in [-0.25, -0.2) is 9.59 Å². The van der Waals surface area contributed by atoms with Crippen LogP contribution in [-0.2, 0) is 9.53 Å². The molecule has 9 heteroatoms. The Balaban J connectivity index is 1.59. The van der Waals surface area contributed by atoms with Crippen LogP contribution in [0, 0.1) is 0 Å². The minimum atomic E-state index is -1.84. The van der Waals surface area contributed by atoms with Gasteiger partial charge in [0.15, 0.2) is 6.10 Å². The summed E-state index contributed by atoms with van der Waals surface area (Å²) < 4.78 is 16.4. The Morgan fingerprint density at radius 1 is 0.778 bits per heavy atom. The number of carboxylic acid groups (broad SMARTS) is 1. The first-order valence-corrected chi connectivity index (χ1v) is 11.2. The summed E-state index contributed by atoms with van der Waals surface area (Å²) in [6, 6.07) is 23.2. The molecule has 36 heavy (non-hydrogen) atoms. The van der Waals surface area contributed by atoms with Crippen LogP contribution in [0.25, 0.3) is 33.2 Å². The molecule has 5 atom stereocenters. The molecule has 184 valence electrons. The fourth-order valence-electron chi connectivity index (χ4n) is 4.31. The number of ether oxygens (including phenoxy) is 2. The van der Waals surface area contributed by atoms with Crippen molar-refractivity contribution in [3.63, 3.8) is 0 Å². The molecule has 0 spiro atoms. The maximum absolute atomic E-state index is 13.2. The normalized spacial score (nSPS) is 23.9. The zero-order valence-electron chi connectivity index (χ0n) is 18.7. The maximum atomic E-state index is 13.2. The van der Waals surface area contributed by atoms with E-state index < -0.39 is 42.3 Å². The van der Waals surface area contributed by atoms with Crippen LogP contribution in [0.15, 0.2) is 88.1 Å². The van der Waals surface area contributed by atoms with Gasteiger partial charge in [0.1, 0.15) is 29.6 Å². The number of hydrogen-bond acceptors (Lipinski definition) is 8. The molecule has 1 aliphatic rings. The molecule has 4 N–H and O–H groups in total. The first-order chi connectivity index (χ1) is 17.3. The number of hydrogen-bond donors (Lipinski definition) is 4. The SMILES string of the molecule is O=C(O)[C@H]1O[C@@H](Oc2ccc3c(-c4ccccc4)c(-c4ccccc4)c(=O)oc3c2)[C@H](O)[C@@H](O)[C@@H]1O. The van der Waals surface area contributed by atoms with Crippen LogP contribution < -0.4 is 10.4 Å². The predicted molar refractivity (Wildman–Crippen MR) is 128 cm³/mol. The van der Waals surface area contributed by atoms with Crippen molar-refractivity contribution >= 4 is 16.9 Å². The molecule has 3 aromatic carbocycles. The summed E-state index contributed by atoms with van der Waals surface area (Å²) in [5, 5.41) is 40.0. The van der Waals surface area contributed by atoms with Crippen LogP contribution in [0.3, 0.4) is 0 Å². The monoisotopic (exact) mass is 490 g/mol. The summed E-state index contributed by atoms with van der Waals surface area (Å²) in [6.45, 7) is 0. The highest BCUT2D eigenvalue weighted by molar-refractivity contribution is 6.01. The molecule has 1 fully saturated rings. The van der Waals surface area contributed by atoms with Crippen molar-refractivity contribution in [3.8, 4) is 28.0 Å². The average molecular weight is 490 g/mol. The molecule has 1 aliphatic heterocycles. The number of carbonyl (C=O) groups is 1. The highest BCUT2D eigenvalue weighted by atomic mass is 16.7. The molecular weight excluding hydrogens is 468 g/mol. The zero-order chi connectivity index (χ0) is 25.4. The average Bonchev–Trinajstić information content (AvgIpc) is 2.89. The number of aliphatic hydroxyl groups is 3. The van der Waals surface area contributed by atoms with Crippen molar-refractivity contribution in [2.75, 3.05) is 0 Å². The Morgan fingerprint density at radius 3 is 2.00 bits per heavy atom. The Kier molecular flexibility index (Phi) is 6.29. The molecule has 1 aromatic heterocycles. The molecule has 0 aliphatic carbocycles. The van der Waals surface area contributed by atoms with Gasteiger partial charge in [0.25, 0.3) is 0 Å². The van der Waals surface area contributed by atoms with Gasteiger partial charge in [-0.05, 0) is 23.3 Å². The summed E-state index contributed by atoms with van der Waals surface area (Å²) in [5.74, 6) is -1.43. The molecule has 1 saturated heterocycles. The van der Waals surface area contributed by atoms with Crippen molar-refractivity contribution in [3.05, 3.63) is 89.3 Å². The van der Waals surface area contributed by atoms with Crippen LogP contribution in [0.1, 0.15) is 0 Å².